The van der Waals surface area contributed by atoms with Crippen LogP contribution in [0, 0.1) is 11.8 Å². The molecule has 2 aromatic rings. The van der Waals surface area contributed by atoms with Crippen LogP contribution >= 0.6 is 15.9 Å². The van der Waals surface area contributed by atoms with E-state index in [9.17, 15) is 14.4 Å². The Morgan fingerprint density at radius 1 is 0.610 bits per heavy atom. The Labute approximate surface area is 361 Å². The van der Waals surface area contributed by atoms with Crippen LogP contribution in [0.3, 0.4) is 0 Å². The lowest BCUT2D eigenvalue weighted by molar-refractivity contribution is 0.0913. The number of likely N-dealkylation sites (tertiary alicyclic amines) is 4. The summed E-state index contributed by atoms with van der Waals surface area (Å²) in [7, 11) is 0. The molecule has 59 heavy (non-hydrogen) atoms. The Morgan fingerprint density at radius 3 is 1.53 bits per heavy atom. The molecule has 6 heterocycles. The second-order valence-electron chi connectivity index (χ2n) is 17.3. The van der Waals surface area contributed by atoms with Crippen LogP contribution in [0.4, 0.5) is 9.59 Å². The second-order valence-corrected chi connectivity index (χ2v) is 18.2. The summed E-state index contributed by atoms with van der Waals surface area (Å²) in [5, 5.41) is 12.0. The van der Waals surface area contributed by atoms with Gasteiger partial charge in [-0.15, -0.1) is 0 Å². The number of aromatic nitrogens is 4. The van der Waals surface area contributed by atoms with Gasteiger partial charge in [-0.25, -0.2) is 9.59 Å². The molecular formula is C44H72BrN9O5. The lowest BCUT2D eigenvalue weighted by atomic mass is 10.00. The van der Waals surface area contributed by atoms with E-state index < -0.39 is 0 Å². The van der Waals surface area contributed by atoms with Crippen molar-refractivity contribution in [3.05, 3.63) is 34.8 Å². The molecule has 3 amide bonds. The number of nitrogens with zero attached hydrogens (tertiary/aromatic N) is 8. The van der Waals surface area contributed by atoms with Crippen molar-refractivity contribution in [2.75, 3.05) is 72.1 Å². The van der Waals surface area contributed by atoms with Crippen LogP contribution in [0.15, 0.2) is 29.1 Å². The van der Waals surface area contributed by atoms with E-state index in [0.717, 1.165) is 127 Å². The molecule has 2 aliphatic carbocycles. The number of hydrogen-bond acceptors (Lipinski definition) is 9. The highest BCUT2D eigenvalue weighted by Crippen LogP contribution is 2.32. The highest BCUT2D eigenvalue weighted by Gasteiger charge is 2.32. The summed E-state index contributed by atoms with van der Waals surface area (Å²) in [4.78, 5) is 45.4. The predicted octanol–water partition coefficient (Wildman–Crippen LogP) is 7.77. The number of hydrogen-bond donors (Lipinski definition) is 1. The van der Waals surface area contributed by atoms with Crippen molar-refractivity contribution >= 4 is 34.0 Å². The van der Waals surface area contributed by atoms with Gasteiger partial charge in [0.05, 0.1) is 31.5 Å². The van der Waals surface area contributed by atoms with Gasteiger partial charge >= 0.3 is 12.2 Å². The Hall–Kier alpha value is -3.17. The third-order valence-electron chi connectivity index (χ3n) is 13.2. The average Bonchev–Trinajstić information content (AvgIpc) is 4.19. The van der Waals surface area contributed by atoms with Crippen molar-refractivity contribution in [1.29, 1.82) is 0 Å². The molecule has 0 spiro atoms. The summed E-state index contributed by atoms with van der Waals surface area (Å²) in [5.74, 6) is 1.81. The smallest absolute Gasteiger partial charge is 0.409 e. The maximum absolute atomic E-state index is 12.6. The molecule has 0 bridgehead atoms. The van der Waals surface area contributed by atoms with Crippen LogP contribution in [0.5, 0.6) is 0 Å². The fraction of sp³-hybridized carbons (Fsp3) is 0.795. The van der Waals surface area contributed by atoms with Crippen molar-refractivity contribution in [3.8, 4) is 0 Å². The van der Waals surface area contributed by atoms with E-state index in [1.807, 2.05) is 46.7 Å². The minimum Gasteiger partial charge on any atom is -0.450 e. The zero-order chi connectivity index (χ0) is 41.6. The number of nitrogens with one attached hydrogen (secondary N) is 1. The topological polar surface area (TPSA) is 130 Å². The first-order valence-corrected chi connectivity index (χ1v) is 23.9. The Morgan fingerprint density at radius 2 is 1.08 bits per heavy atom. The summed E-state index contributed by atoms with van der Waals surface area (Å²) in [6.07, 6.45) is 20.9. The van der Waals surface area contributed by atoms with Crippen LogP contribution in [0.25, 0.3) is 0 Å². The first-order chi connectivity index (χ1) is 28.8. The number of piperidine rings is 2. The molecule has 0 aromatic carbocycles. The number of ether oxygens (including phenoxy) is 2. The lowest BCUT2D eigenvalue weighted by Gasteiger charge is -2.37. The second kappa shape index (κ2) is 23.2. The molecule has 2 aromatic heterocycles. The molecule has 6 aliphatic rings. The predicted molar refractivity (Wildman–Crippen MR) is 232 cm³/mol. The number of carbonyl (C=O) groups excluding carboxylic acids is 3. The maximum Gasteiger partial charge on any atom is 0.409 e. The van der Waals surface area contributed by atoms with Crippen molar-refractivity contribution in [1.82, 2.24) is 44.5 Å². The summed E-state index contributed by atoms with van der Waals surface area (Å²) in [6.45, 7) is 15.1. The minimum atomic E-state index is -0.178. The van der Waals surface area contributed by atoms with Crippen LogP contribution < -0.4 is 5.32 Å². The first-order valence-electron chi connectivity index (χ1n) is 23.1. The fourth-order valence-electron chi connectivity index (χ4n) is 9.20. The van der Waals surface area contributed by atoms with Gasteiger partial charge < -0.3 is 34.4 Å². The van der Waals surface area contributed by atoms with Gasteiger partial charge in [-0.1, -0.05) is 26.2 Å². The number of carbonyl (C=O) groups is 3. The monoisotopic (exact) mass is 885 g/mol. The highest BCUT2D eigenvalue weighted by molar-refractivity contribution is 9.10. The first kappa shape index (κ1) is 45.4. The van der Waals surface area contributed by atoms with Crippen molar-refractivity contribution in [2.45, 2.75) is 141 Å². The minimum absolute atomic E-state index is 0.00431. The van der Waals surface area contributed by atoms with Gasteiger partial charge in [0.25, 0.3) is 5.91 Å². The molecule has 14 nitrogen and oxygen atoms in total. The number of halogens is 1. The standard InChI is InChI=1S/C22H35N5O3.C17H27BrN4O2.C5H10/c1-2-30-22(29)26-12-3-4-18(8-15-26)25-13-9-19(10-14-25)27-20(7-11-24-27)21(28)23-16-17-5-6-17;1-2-24-17(23)21-10-3-4-14(6-13-21)20-11-7-15(8-12-20)22-16(18)5-9-19-22;1-2-5-3-4-5/h7,11,17-19H,2-6,8-10,12-16H2,1H3,(H,23,28);5,9,14-15H,2-4,6-8,10-13H2,1H3;5H,2-4H2,1H3. The highest BCUT2D eigenvalue weighted by atomic mass is 79.9. The van der Waals surface area contributed by atoms with E-state index in [2.05, 4.69) is 52.8 Å². The molecule has 4 saturated heterocycles. The quantitative estimate of drug-likeness (QED) is 0.255. The third kappa shape index (κ3) is 13.7. The van der Waals surface area contributed by atoms with Gasteiger partial charge in [0.15, 0.2) is 0 Å². The SMILES string of the molecule is CCC1CC1.CCOC(=O)N1CCCC(N2CCC(n3nccc3Br)CC2)CC1.CCOC(=O)N1CCCC(N2CCC(n3nccc3C(=O)NCC3CC3)CC2)CC1. The zero-order valence-corrected chi connectivity index (χ0v) is 37.7. The van der Waals surface area contributed by atoms with Crippen LogP contribution in [0.2, 0.25) is 0 Å². The van der Waals surface area contributed by atoms with Crippen LogP contribution in [-0.2, 0) is 9.47 Å². The summed E-state index contributed by atoms with van der Waals surface area (Å²) in [6, 6.07) is 5.72. The van der Waals surface area contributed by atoms with Crippen LogP contribution in [0.1, 0.15) is 140 Å². The van der Waals surface area contributed by atoms with Crippen molar-refractivity contribution in [2.24, 2.45) is 11.8 Å². The van der Waals surface area contributed by atoms with Crippen molar-refractivity contribution in [3.63, 3.8) is 0 Å². The molecule has 4 aliphatic heterocycles. The van der Waals surface area contributed by atoms with Gasteiger partial charge in [-0.2, -0.15) is 10.2 Å². The molecule has 330 valence electrons. The lowest BCUT2D eigenvalue weighted by Crippen LogP contribution is -2.43. The Balaban J connectivity index is 0.000000180. The van der Waals surface area contributed by atoms with Gasteiger partial charge in [-0.3, -0.25) is 14.2 Å². The van der Waals surface area contributed by atoms with Gasteiger partial charge in [0.1, 0.15) is 10.3 Å². The molecule has 2 atom stereocenters. The van der Waals surface area contributed by atoms with E-state index in [4.69, 9.17) is 9.47 Å². The van der Waals surface area contributed by atoms with E-state index in [1.165, 1.54) is 38.5 Å². The van der Waals surface area contributed by atoms with E-state index >= 15 is 0 Å². The molecule has 15 heteroatoms. The molecule has 1 N–H and O–H groups in total. The Bertz CT molecular complexity index is 1580. The maximum atomic E-state index is 12.6. The van der Waals surface area contributed by atoms with Gasteiger partial charge in [0.2, 0.25) is 0 Å². The largest absolute Gasteiger partial charge is 0.450 e. The van der Waals surface area contributed by atoms with Crippen molar-refractivity contribution < 1.29 is 23.9 Å². The van der Waals surface area contributed by atoms with E-state index in [-0.39, 0.29) is 24.1 Å². The Kier molecular flexibility index (Phi) is 17.8. The summed E-state index contributed by atoms with van der Waals surface area (Å²) < 4.78 is 15.4. The molecule has 2 unspecified atom stereocenters. The molecule has 6 fully saturated rings. The van der Waals surface area contributed by atoms with Crippen LogP contribution in [-0.4, -0.2) is 141 Å². The normalized spacial score (nSPS) is 23.8. The summed E-state index contributed by atoms with van der Waals surface area (Å²) >= 11 is 3.57. The number of rotatable bonds is 10. The number of amides is 3. The molecule has 2 saturated carbocycles. The van der Waals surface area contributed by atoms with E-state index in [0.29, 0.717) is 43.0 Å². The van der Waals surface area contributed by atoms with Gasteiger partial charge in [-0.05, 0) is 131 Å². The molecular weight excluding hydrogens is 814 g/mol. The fourth-order valence-corrected chi connectivity index (χ4v) is 9.70. The van der Waals surface area contributed by atoms with E-state index in [1.54, 1.807) is 6.20 Å². The summed E-state index contributed by atoms with van der Waals surface area (Å²) in [5.41, 5.74) is 0.689. The molecule has 0 radical (unpaired) electrons. The van der Waals surface area contributed by atoms with Gasteiger partial charge in [0, 0.05) is 77.2 Å². The zero-order valence-electron chi connectivity index (χ0n) is 36.2. The average molecular weight is 887 g/mol. The third-order valence-corrected chi connectivity index (χ3v) is 13.8. The molecule has 8 rings (SSSR count).